The van der Waals surface area contributed by atoms with Crippen LogP contribution in [0.4, 0.5) is 5.69 Å². The molecule has 0 amide bonds. The second-order valence-corrected chi connectivity index (χ2v) is 5.33. The molecular formula is C10H13ClN2O2S. The Morgan fingerprint density at radius 3 is 2.75 bits per heavy atom. The molecule has 0 aliphatic rings. The van der Waals surface area contributed by atoms with E-state index in [1.54, 1.807) is 6.08 Å². The van der Waals surface area contributed by atoms with E-state index in [0.717, 1.165) is 0 Å². The fourth-order valence-corrected chi connectivity index (χ4v) is 2.27. The zero-order valence-corrected chi connectivity index (χ0v) is 10.2. The Hall–Kier alpha value is -1.04. The molecule has 0 aliphatic heterocycles. The Morgan fingerprint density at radius 1 is 1.50 bits per heavy atom. The van der Waals surface area contributed by atoms with Crippen molar-refractivity contribution in [3.63, 3.8) is 0 Å². The van der Waals surface area contributed by atoms with Gasteiger partial charge in [-0.15, -0.1) is 6.58 Å². The molecular weight excluding hydrogens is 248 g/mol. The van der Waals surface area contributed by atoms with Gasteiger partial charge in [0.1, 0.15) is 0 Å². The lowest BCUT2D eigenvalue weighted by Gasteiger charge is -2.06. The molecule has 0 aromatic heterocycles. The van der Waals surface area contributed by atoms with Crippen molar-refractivity contribution in [2.45, 2.75) is 11.3 Å². The Kier molecular flexibility index (Phi) is 4.35. The van der Waals surface area contributed by atoms with E-state index in [1.165, 1.54) is 18.2 Å². The molecule has 0 atom stereocenters. The molecule has 88 valence electrons. The summed E-state index contributed by atoms with van der Waals surface area (Å²) in [4.78, 5) is 0.110. The van der Waals surface area contributed by atoms with Crippen LogP contribution < -0.4 is 10.5 Å². The number of nitrogen functional groups attached to an aromatic ring is 1. The number of nitrogens with one attached hydrogen (secondary N) is 1. The molecule has 0 heterocycles. The molecule has 1 aromatic carbocycles. The fourth-order valence-electron chi connectivity index (χ4n) is 1.07. The molecule has 0 spiro atoms. The summed E-state index contributed by atoms with van der Waals surface area (Å²) in [5, 5.41) is 0.338. The molecule has 0 unspecified atom stereocenters. The molecule has 0 aliphatic carbocycles. The van der Waals surface area contributed by atoms with Crippen LogP contribution in [0.25, 0.3) is 0 Å². The van der Waals surface area contributed by atoms with E-state index in [1.807, 2.05) is 0 Å². The van der Waals surface area contributed by atoms with Crippen molar-refractivity contribution in [3.05, 3.63) is 35.9 Å². The summed E-state index contributed by atoms with van der Waals surface area (Å²) in [5.74, 6) is 0. The number of anilines is 1. The van der Waals surface area contributed by atoms with Gasteiger partial charge < -0.3 is 5.73 Å². The number of rotatable bonds is 5. The molecule has 3 N–H and O–H groups in total. The summed E-state index contributed by atoms with van der Waals surface area (Å²) >= 11 is 5.70. The molecule has 0 saturated heterocycles. The highest BCUT2D eigenvalue weighted by atomic mass is 35.5. The summed E-state index contributed by atoms with van der Waals surface area (Å²) in [5.41, 5.74) is 5.78. The van der Waals surface area contributed by atoms with Crippen molar-refractivity contribution >= 4 is 27.3 Å². The monoisotopic (exact) mass is 260 g/mol. The minimum absolute atomic E-state index is 0.110. The first-order valence-corrected chi connectivity index (χ1v) is 6.49. The molecule has 0 saturated carbocycles. The highest BCUT2D eigenvalue weighted by Crippen LogP contribution is 2.21. The number of nitrogens with two attached hydrogens (primary N) is 1. The third kappa shape index (κ3) is 3.23. The maximum atomic E-state index is 11.7. The summed E-state index contributed by atoms with van der Waals surface area (Å²) in [6.07, 6.45) is 2.21. The first kappa shape index (κ1) is 13.0. The Labute approximate surface area is 100 Å². The van der Waals surface area contributed by atoms with E-state index in [0.29, 0.717) is 18.0 Å². The lowest BCUT2D eigenvalue weighted by molar-refractivity contribution is 0.582. The predicted molar refractivity (Wildman–Crippen MR) is 65.9 cm³/mol. The lowest BCUT2D eigenvalue weighted by Crippen LogP contribution is -2.24. The van der Waals surface area contributed by atoms with Crippen LogP contribution >= 0.6 is 11.6 Å². The summed E-state index contributed by atoms with van der Waals surface area (Å²) in [7, 11) is -3.51. The first-order valence-electron chi connectivity index (χ1n) is 4.63. The molecule has 0 bridgehead atoms. The van der Waals surface area contributed by atoms with Crippen molar-refractivity contribution < 1.29 is 8.42 Å². The predicted octanol–water partition coefficient (Wildman–Crippen LogP) is 1.78. The topological polar surface area (TPSA) is 72.2 Å². The highest BCUT2D eigenvalue weighted by Gasteiger charge is 2.13. The van der Waals surface area contributed by atoms with Crippen molar-refractivity contribution in [2.24, 2.45) is 0 Å². The van der Waals surface area contributed by atoms with Gasteiger partial charge in [-0.3, -0.25) is 0 Å². The Bertz CT molecular complexity index is 486. The van der Waals surface area contributed by atoms with Gasteiger partial charge in [-0.1, -0.05) is 17.7 Å². The van der Waals surface area contributed by atoms with Gasteiger partial charge in [0.2, 0.25) is 10.0 Å². The highest BCUT2D eigenvalue weighted by molar-refractivity contribution is 7.89. The van der Waals surface area contributed by atoms with Crippen LogP contribution in [0.1, 0.15) is 6.42 Å². The van der Waals surface area contributed by atoms with Crippen molar-refractivity contribution in [3.8, 4) is 0 Å². The summed E-state index contributed by atoms with van der Waals surface area (Å²) < 4.78 is 25.9. The van der Waals surface area contributed by atoms with Crippen LogP contribution in [0.3, 0.4) is 0 Å². The van der Waals surface area contributed by atoms with E-state index in [4.69, 9.17) is 17.3 Å². The van der Waals surface area contributed by atoms with Gasteiger partial charge in [-0.2, -0.15) is 0 Å². The Morgan fingerprint density at radius 2 is 2.19 bits per heavy atom. The molecule has 16 heavy (non-hydrogen) atoms. The average Bonchev–Trinajstić information content (AvgIpc) is 2.22. The number of benzene rings is 1. The number of sulfonamides is 1. The number of hydrogen-bond acceptors (Lipinski definition) is 3. The third-order valence-corrected chi connectivity index (χ3v) is 3.72. The fraction of sp³-hybridized carbons (Fsp3) is 0.200. The molecule has 1 aromatic rings. The second kappa shape index (κ2) is 5.34. The van der Waals surface area contributed by atoms with Crippen molar-refractivity contribution in [2.75, 3.05) is 12.3 Å². The number of halogens is 1. The number of hydrogen-bond donors (Lipinski definition) is 2. The van der Waals surface area contributed by atoms with Gasteiger partial charge in [0, 0.05) is 6.54 Å². The maximum absolute atomic E-state index is 11.7. The normalized spacial score (nSPS) is 11.3. The van der Waals surface area contributed by atoms with Gasteiger partial charge in [-0.05, 0) is 24.6 Å². The molecule has 1 rings (SSSR count). The molecule has 0 fully saturated rings. The van der Waals surface area contributed by atoms with E-state index in [2.05, 4.69) is 11.3 Å². The van der Waals surface area contributed by atoms with Gasteiger partial charge in [-0.25, -0.2) is 13.1 Å². The zero-order valence-electron chi connectivity index (χ0n) is 8.61. The van der Waals surface area contributed by atoms with Crippen LogP contribution in [0.15, 0.2) is 35.7 Å². The average molecular weight is 261 g/mol. The molecule has 6 heteroatoms. The molecule has 4 nitrogen and oxygen atoms in total. The van der Waals surface area contributed by atoms with Crippen LogP contribution in [0.5, 0.6) is 0 Å². The minimum Gasteiger partial charge on any atom is -0.397 e. The van der Waals surface area contributed by atoms with Gasteiger partial charge in [0.15, 0.2) is 0 Å². The summed E-state index contributed by atoms with van der Waals surface area (Å²) in [6, 6.07) is 4.20. The standard InChI is InChI=1S/C10H13ClN2O2S/c1-2-3-6-13-16(14,15)8-4-5-9(11)10(12)7-8/h2,4-5,7,13H,1,3,6,12H2. The van der Waals surface area contributed by atoms with Gasteiger partial charge in [0.25, 0.3) is 0 Å². The SMILES string of the molecule is C=CCCNS(=O)(=O)c1ccc(Cl)c(N)c1. The lowest BCUT2D eigenvalue weighted by atomic mass is 10.3. The van der Waals surface area contributed by atoms with Crippen LogP contribution in [-0.2, 0) is 10.0 Å². The van der Waals surface area contributed by atoms with Gasteiger partial charge in [0.05, 0.1) is 15.6 Å². The quantitative estimate of drug-likeness (QED) is 0.482. The van der Waals surface area contributed by atoms with Crippen molar-refractivity contribution in [1.82, 2.24) is 4.72 Å². The minimum atomic E-state index is -3.51. The van der Waals surface area contributed by atoms with Gasteiger partial charge >= 0.3 is 0 Å². The summed E-state index contributed by atoms with van der Waals surface area (Å²) in [6.45, 7) is 3.82. The van der Waals surface area contributed by atoms with Crippen LogP contribution in [0.2, 0.25) is 5.02 Å². The van der Waals surface area contributed by atoms with E-state index in [-0.39, 0.29) is 10.6 Å². The first-order chi connectivity index (χ1) is 7.47. The molecule has 0 radical (unpaired) electrons. The smallest absolute Gasteiger partial charge is 0.240 e. The van der Waals surface area contributed by atoms with Crippen LogP contribution in [-0.4, -0.2) is 15.0 Å². The van der Waals surface area contributed by atoms with Crippen molar-refractivity contribution in [1.29, 1.82) is 0 Å². The maximum Gasteiger partial charge on any atom is 0.240 e. The second-order valence-electron chi connectivity index (χ2n) is 3.16. The van der Waals surface area contributed by atoms with E-state index in [9.17, 15) is 8.42 Å². The zero-order chi connectivity index (χ0) is 12.2. The van der Waals surface area contributed by atoms with Crippen LogP contribution in [0, 0.1) is 0 Å². The Balaban J connectivity index is 2.90. The van der Waals surface area contributed by atoms with E-state index < -0.39 is 10.0 Å². The largest absolute Gasteiger partial charge is 0.397 e. The van der Waals surface area contributed by atoms with E-state index >= 15 is 0 Å². The third-order valence-electron chi connectivity index (χ3n) is 1.92.